The predicted molar refractivity (Wildman–Crippen MR) is 103 cm³/mol. The van der Waals surface area contributed by atoms with E-state index in [0.29, 0.717) is 51.3 Å². The SMILES string of the molecule is COc1ccc(OCCCC(=O)N2CCN(c3ccccc3F)CC2)cc1. The molecular formula is C21H25FN2O3. The Kier molecular flexibility index (Phi) is 6.52. The minimum absolute atomic E-state index is 0.126. The van der Waals surface area contributed by atoms with Gasteiger partial charge in [-0.15, -0.1) is 0 Å². The van der Waals surface area contributed by atoms with Crippen molar-refractivity contribution in [2.24, 2.45) is 0 Å². The summed E-state index contributed by atoms with van der Waals surface area (Å²) in [6.45, 7) is 3.02. The first-order chi connectivity index (χ1) is 13.2. The second-order valence-electron chi connectivity index (χ2n) is 6.45. The van der Waals surface area contributed by atoms with Gasteiger partial charge in [-0.3, -0.25) is 4.79 Å². The Labute approximate surface area is 159 Å². The first-order valence-corrected chi connectivity index (χ1v) is 9.21. The van der Waals surface area contributed by atoms with Crippen LogP contribution in [0.5, 0.6) is 11.5 Å². The van der Waals surface area contributed by atoms with Gasteiger partial charge in [0.05, 0.1) is 19.4 Å². The fourth-order valence-electron chi connectivity index (χ4n) is 3.15. The molecule has 27 heavy (non-hydrogen) atoms. The molecule has 3 rings (SSSR count). The van der Waals surface area contributed by atoms with E-state index in [2.05, 4.69) is 0 Å². The number of halogens is 1. The van der Waals surface area contributed by atoms with E-state index >= 15 is 0 Å². The van der Waals surface area contributed by atoms with Gasteiger partial charge in [0.1, 0.15) is 17.3 Å². The highest BCUT2D eigenvalue weighted by atomic mass is 19.1. The van der Waals surface area contributed by atoms with Gasteiger partial charge >= 0.3 is 0 Å². The maximum absolute atomic E-state index is 13.9. The van der Waals surface area contributed by atoms with Crippen molar-refractivity contribution in [2.75, 3.05) is 44.8 Å². The number of methoxy groups -OCH3 is 1. The van der Waals surface area contributed by atoms with Crippen molar-refractivity contribution < 1.29 is 18.7 Å². The van der Waals surface area contributed by atoms with Gasteiger partial charge in [0.2, 0.25) is 5.91 Å². The van der Waals surface area contributed by atoms with Crippen LogP contribution in [0.4, 0.5) is 10.1 Å². The lowest BCUT2D eigenvalue weighted by Gasteiger charge is -2.36. The molecule has 1 saturated heterocycles. The third-order valence-corrected chi connectivity index (χ3v) is 4.69. The number of hydrogen-bond acceptors (Lipinski definition) is 4. The monoisotopic (exact) mass is 372 g/mol. The second-order valence-corrected chi connectivity index (χ2v) is 6.45. The van der Waals surface area contributed by atoms with Crippen LogP contribution in [0.1, 0.15) is 12.8 Å². The number of ether oxygens (including phenoxy) is 2. The molecule has 0 atom stereocenters. The van der Waals surface area contributed by atoms with Gasteiger partial charge in [-0.2, -0.15) is 0 Å². The molecule has 0 radical (unpaired) electrons. The van der Waals surface area contributed by atoms with Crippen LogP contribution in [-0.4, -0.2) is 50.7 Å². The Balaban J connectivity index is 1.37. The molecule has 0 saturated carbocycles. The average molecular weight is 372 g/mol. The normalized spacial score (nSPS) is 14.1. The average Bonchev–Trinajstić information content (AvgIpc) is 2.72. The minimum Gasteiger partial charge on any atom is -0.497 e. The Morgan fingerprint density at radius 2 is 1.67 bits per heavy atom. The second kappa shape index (κ2) is 9.26. The summed E-state index contributed by atoms with van der Waals surface area (Å²) in [4.78, 5) is 16.2. The van der Waals surface area contributed by atoms with Crippen LogP contribution < -0.4 is 14.4 Å². The molecule has 0 bridgehead atoms. The molecule has 1 aliphatic rings. The molecular weight excluding hydrogens is 347 g/mol. The largest absolute Gasteiger partial charge is 0.497 e. The van der Waals surface area contributed by atoms with E-state index in [-0.39, 0.29) is 11.7 Å². The number of carbonyl (C=O) groups excluding carboxylic acids is 1. The van der Waals surface area contributed by atoms with E-state index in [9.17, 15) is 9.18 Å². The molecule has 1 aliphatic heterocycles. The number of anilines is 1. The quantitative estimate of drug-likeness (QED) is 0.699. The van der Waals surface area contributed by atoms with Gasteiger partial charge in [0.25, 0.3) is 0 Å². The number of amides is 1. The number of carbonyl (C=O) groups is 1. The summed E-state index contributed by atoms with van der Waals surface area (Å²) in [5.74, 6) is 1.46. The molecule has 1 fully saturated rings. The van der Waals surface area contributed by atoms with Gasteiger partial charge in [0.15, 0.2) is 0 Å². The molecule has 5 nitrogen and oxygen atoms in total. The van der Waals surface area contributed by atoms with Crippen molar-refractivity contribution in [3.63, 3.8) is 0 Å². The van der Waals surface area contributed by atoms with Gasteiger partial charge in [-0.05, 0) is 42.8 Å². The number of para-hydroxylation sites is 1. The van der Waals surface area contributed by atoms with Crippen LogP contribution in [0.15, 0.2) is 48.5 Å². The van der Waals surface area contributed by atoms with Crippen LogP contribution in [-0.2, 0) is 4.79 Å². The standard InChI is InChI=1S/C21H25FN2O3/c1-26-17-8-10-18(11-9-17)27-16-4-7-21(25)24-14-12-23(13-15-24)20-6-3-2-5-19(20)22/h2-3,5-6,8-11H,4,7,12-16H2,1H3. The smallest absolute Gasteiger partial charge is 0.222 e. The Morgan fingerprint density at radius 3 is 2.33 bits per heavy atom. The summed E-state index contributed by atoms with van der Waals surface area (Å²) >= 11 is 0. The lowest BCUT2D eigenvalue weighted by atomic mass is 10.2. The molecule has 6 heteroatoms. The molecule has 0 aliphatic carbocycles. The van der Waals surface area contributed by atoms with E-state index in [0.717, 1.165) is 11.5 Å². The first-order valence-electron chi connectivity index (χ1n) is 9.21. The highest BCUT2D eigenvalue weighted by molar-refractivity contribution is 5.76. The van der Waals surface area contributed by atoms with Crippen molar-refractivity contribution in [2.45, 2.75) is 12.8 Å². The van der Waals surface area contributed by atoms with Crippen LogP contribution in [0.3, 0.4) is 0 Å². The van der Waals surface area contributed by atoms with Gasteiger partial charge < -0.3 is 19.3 Å². The van der Waals surface area contributed by atoms with Gasteiger partial charge in [-0.25, -0.2) is 4.39 Å². The van der Waals surface area contributed by atoms with E-state index in [1.54, 1.807) is 19.2 Å². The molecule has 0 N–H and O–H groups in total. The Bertz CT molecular complexity index is 743. The lowest BCUT2D eigenvalue weighted by Crippen LogP contribution is -2.49. The summed E-state index contributed by atoms with van der Waals surface area (Å²) in [5, 5.41) is 0. The summed E-state index contributed by atoms with van der Waals surface area (Å²) in [7, 11) is 1.62. The Morgan fingerprint density at radius 1 is 1.00 bits per heavy atom. The molecule has 0 unspecified atom stereocenters. The molecule has 1 heterocycles. The molecule has 2 aromatic carbocycles. The summed E-state index contributed by atoms with van der Waals surface area (Å²) in [6.07, 6.45) is 1.12. The Hall–Kier alpha value is -2.76. The van der Waals surface area contributed by atoms with Crippen LogP contribution in [0.25, 0.3) is 0 Å². The maximum atomic E-state index is 13.9. The molecule has 1 amide bonds. The van der Waals surface area contributed by atoms with Crippen molar-refractivity contribution in [1.29, 1.82) is 0 Å². The predicted octanol–water partition coefficient (Wildman–Crippen LogP) is 3.34. The maximum Gasteiger partial charge on any atom is 0.222 e. The third-order valence-electron chi connectivity index (χ3n) is 4.69. The van der Waals surface area contributed by atoms with Crippen molar-refractivity contribution in [3.05, 3.63) is 54.3 Å². The van der Waals surface area contributed by atoms with Crippen LogP contribution >= 0.6 is 0 Å². The van der Waals surface area contributed by atoms with Gasteiger partial charge in [-0.1, -0.05) is 12.1 Å². The number of hydrogen-bond donors (Lipinski definition) is 0. The van der Waals surface area contributed by atoms with Gasteiger partial charge in [0, 0.05) is 32.6 Å². The molecule has 144 valence electrons. The molecule has 2 aromatic rings. The number of nitrogens with zero attached hydrogens (tertiary/aromatic N) is 2. The number of benzene rings is 2. The van der Waals surface area contributed by atoms with Crippen LogP contribution in [0.2, 0.25) is 0 Å². The fourth-order valence-corrected chi connectivity index (χ4v) is 3.15. The number of piperazine rings is 1. The lowest BCUT2D eigenvalue weighted by molar-refractivity contribution is -0.131. The van der Waals surface area contributed by atoms with E-state index in [1.807, 2.05) is 40.1 Å². The third kappa shape index (κ3) is 5.12. The zero-order valence-corrected chi connectivity index (χ0v) is 15.6. The summed E-state index contributed by atoms with van der Waals surface area (Å²) in [5.41, 5.74) is 0.609. The summed E-state index contributed by atoms with van der Waals surface area (Å²) < 4.78 is 24.6. The molecule has 0 spiro atoms. The topological polar surface area (TPSA) is 42.0 Å². The molecule has 0 aromatic heterocycles. The van der Waals surface area contributed by atoms with E-state index in [4.69, 9.17) is 9.47 Å². The number of rotatable bonds is 7. The zero-order chi connectivity index (χ0) is 19.1. The highest BCUT2D eigenvalue weighted by Crippen LogP contribution is 2.20. The van der Waals surface area contributed by atoms with E-state index in [1.165, 1.54) is 6.07 Å². The van der Waals surface area contributed by atoms with Crippen molar-refractivity contribution in [1.82, 2.24) is 4.90 Å². The van der Waals surface area contributed by atoms with Crippen LogP contribution in [0, 0.1) is 5.82 Å². The zero-order valence-electron chi connectivity index (χ0n) is 15.6. The fraction of sp³-hybridized carbons (Fsp3) is 0.381. The van der Waals surface area contributed by atoms with E-state index < -0.39 is 0 Å². The minimum atomic E-state index is -0.215. The van der Waals surface area contributed by atoms with Crippen molar-refractivity contribution in [3.8, 4) is 11.5 Å². The van der Waals surface area contributed by atoms with Crippen molar-refractivity contribution >= 4 is 11.6 Å². The summed E-state index contributed by atoms with van der Waals surface area (Å²) in [6, 6.07) is 14.2. The highest BCUT2D eigenvalue weighted by Gasteiger charge is 2.22. The first kappa shape index (κ1) is 19.0.